The van der Waals surface area contributed by atoms with Crippen LogP contribution in [-0.2, 0) is 4.74 Å². The molecule has 0 radical (unpaired) electrons. The SMILES string of the molecule is Cc1nc(C(C)C)sc1C(=O)N1CCCOC(CN2CCCC2)C1. The number of nitrogens with zero attached hydrogens (tertiary/aromatic N) is 3. The van der Waals surface area contributed by atoms with Gasteiger partial charge in [-0.25, -0.2) is 4.98 Å². The number of carbonyl (C=O) groups is 1. The summed E-state index contributed by atoms with van der Waals surface area (Å²) in [5.74, 6) is 0.499. The molecule has 6 heteroatoms. The largest absolute Gasteiger partial charge is 0.375 e. The van der Waals surface area contributed by atoms with Crippen LogP contribution < -0.4 is 0 Å². The van der Waals surface area contributed by atoms with Crippen LogP contribution in [0.25, 0.3) is 0 Å². The Bertz CT molecular complexity index is 567. The van der Waals surface area contributed by atoms with Gasteiger partial charge in [0.05, 0.1) is 16.8 Å². The molecule has 1 amide bonds. The Kier molecular flexibility index (Phi) is 5.89. The van der Waals surface area contributed by atoms with E-state index >= 15 is 0 Å². The molecule has 0 aromatic carbocycles. The molecule has 0 aliphatic carbocycles. The van der Waals surface area contributed by atoms with Gasteiger partial charge in [0.2, 0.25) is 0 Å². The lowest BCUT2D eigenvalue weighted by Crippen LogP contribution is -2.41. The fraction of sp³-hybridized carbons (Fsp3) is 0.778. The molecule has 1 aromatic heterocycles. The summed E-state index contributed by atoms with van der Waals surface area (Å²) in [6, 6.07) is 0. The van der Waals surface area contributed by atoms with Gasteiger partial charge in [0.1, 0.15) is 4.88 Å². The monoisotopic (exact) mass is 351 g/mol. The molecule has 1 unspecified atom stereocenters. The molecule has 0 N–H and O–H groups in total. The van der Waals surface area contributed by atoms with Crippen molar-refractivity contribution in [2.24, 2.45) is 0 Å². The van der Waals surface area contributed by atoms with Crippen molar-refractivity contribution in [3.63, 3.8) is 0 Å². The quantitative estimate of drug-likeness (QED) is 0.837. The molecule has 0 spiro atoms. The maximum Gasteiger partial charge on any atom is 0.265 e. The first-order chi connectivity index (χ1) is 11.5. The summed E-state index contributed by atoms with van der Waals surface area (Å²) < 4.78 is 6.01. The van der Waals surface area contributed by atoms with Crippen LogP contribution in [0.15, 0.2) is 0 Å². The maximum absolute atomic E-state index is 13.0. The molecule has 1 aromatic rings. The van der Waals surface area contributed by atoms with Gasteiger partial charge in [-0.1, -0.05) is 13.8 Å². The van der Waals surface area contributed by atoms with Crippen molar-refractivity contribution in [2.75, 3.05) is 39.3 Å². The van der Waals surface area contributed by atoms with E-state index in [0.717, 1.165) is 41.7 Å². The highest BCUT2D eigenvalue weighted by atomic mass is 32.1. The van der Waals surface area contributed by atoms with Crippen LogP contribution >= 0.6 is 11.3 Å². The van der Waals surface area contributed by atoms with Gasteiger partial charge in [-0.2, -0.15) is 0 Å². The summed E-state index contributed by atoms with van der Waals surface area (Å²) in [6.45, 7) is 11.7. The number of carbonyl (C=O) groups excluding carboxylic acids is 1. The summed E-state index contributed by atoms with van der Waals surface area (Å²) in [5.41, 5.74) is 0.870. The lowest BCUT2D eigenvalue weighted by molar-refractivity contribution is 0.0298. The van der Waals surface area contributed by atoms with Gasteiger partial charge in [0.25, 0.3) is 5.91 Å². The van der Waals surface area contributed by atoms with Crippen LogP contribution in [0, 0.1) is 6.92 Å². The molecule has 1 atom stereocenters. The van der Waals surface area contributed by atoms with E-state index in [1.807, 2.05) is 11.8 Å². The minimum absolute atomic E-state index is 0.132. The highest BCUT2D eigenvalue weighted by Gasteiger charge is 2.28. The van der Waals surface area contributed by atoms with Crippen molar-refractivity contribution in [2.45, 2.75) is 52.1 Å². The van der Waals surface area contributed by atoms with Crippen LogP contribution in [0.4, 0.5) is 0 Å². The molecular formula is C18H29N3O2S. The first kappa shape index (κ1) is 17.8. The normalized spacial score (nSPS) is 23.0. The number of amides is 1. The van der Waals surface area contributed by atoms with Gasteiger partial charge >= 0.3 is 0 Å². The van der Waals surface area contributed by atoms with E-state index in [0.29, 0.717) is 12.5 Å². The van der Waals surface area contributed by atoms with Crippen LogP contribution in [0.2, 0.25) is 0 Å². The second-order valence-electron chi connectivity index (χ2n) is 7.23. The first-order valence-corrected chi connectivity index (χ1v) is 9.97. The van der Waals surface area contributed by atoms with Gasteiger partial charge < -0.3 is 14.5 Å². The Labute approximate surface area is 149 Å². The predicted octanol–water partition coefficient (Wildman–Crippen LogP) is 2.90. The third kappa shape index (κ3) is 4.16. The summed E-state index contributed by atoms with van der Waals surface area (Å²) >= 11 is 1.56. The topological polar surface area (TPSA) is 45.7 Å². The average molecular weight is 352 g/mol. The summed E-state index contributed by atoms with van der Waals surface area (Å²) in [6.07, 6.45) is 3.62. The van der Waals surface area contributed by atoms with Crippen molar-refractivity contribution < 1.29 is 9.53 Å². The van der Waals surface area contributed by atoms with Crippen molar-refractivity contribution >= 4 is 17.2 Å². The molecule has 0 saturated carbocycles. The molecule has 5 nitrogen and oxygen atoms in total. The Morgan fingerprint density at radius 1 is 1.29 bits per heavy atom. The van der Waals surface area contributed by atoms with Gasteiger partial charge in [-0.15, -0.1) is 11.3 Å². The van der Waals surface area contributed by atoms with Crippen LogP contribution in [0.3, 0.4) is 0 Å². The second-order valence-corrected chi connectivity index (χ2v) is 8.26. The zero-order valence-corrected chi connectivity index (χ0v) is 15.9. The van der Waals surface area contributed by atoms with Gasteiger partial charge in [-0.3, -0.25) is 4.79 Å². The fourth-order valence-electron chi connectivity index (χ4n) is 3.45. The van der Waals surface area contributed by atoms with E-state index in [4.69, 9.17) is 4.74 Å². The Morgan fingerprint density at radius 2 is 2.04 bits per heavy atom. The van der Waals surface area contributed by atoms with Crippen molar-refractivity contribution in [3.8, 4) is 0 Å². The van der Waals surface area contributed by atoms with Gasteiger partial charge in [0, 0.05) is 32.2 Å². The zero-order chi connectivity index (χ0) is 17.1. The Hall–Kier alpha value is -0.980. The lowest BCUT2D eigenvalue weighted by Gasteiger charge is -2.26. The summed E-state index contributed by atoms with van der Waals surface area (Å²) in [5, 5.41) is 1.05. The Morgan fingerprint density at radius 3 is 2.71 bits per heavy atom. The molecule has 0 bridgehead atoms. The van der Waals surface area contributed by atoms with E-state index in [1.54, 1.807) is 11.3 Å². The zero-order valence-electron chi connectivity index (χ0n) is 15.1. The highest BCUT2D eigenvalue weighted by Crippen LogP contribution is 2.26. The molecule has 24 heavy (non-hydrogen) atoms. The van der Waals surface area contributed by atoms with E-state index in [9.17, 15) is 4.79 Å². The molecule has 3 heterocycles. The number of aryl methyl sites for hydroxylation is 1. The van der Waals surface area contributed by atoms with E-state index < -0.39 is 0 Å². The maximum atomic E-state index is 13.0. The summed E-state index contributed by atoms with van der Waals surface area (Å²) in [7, 11) is 0. The van der Waals surface area contributed by atoms with E-state index in [-0.39, 0.29) is 12.0 Å². The smallest absolute Gasteiger partial charge is 0.265 e. The minimum atomic E-state index is 0.132. The molecule has 2 fully saturated rings. The van der Waals surface area contributed by atoms with Gasteiger partial charge in [-0.05, 0) is 39.3 Å². The average Bonchev–Trinajstić information content (AvgIpc) is 3.12. The van der Waals surface area contributed by atoms with E-state index in [2.05, 4.69) is 23.7 Å². The fourth-order valence-corrected chi connectivity index (χ4v) is 4.49. The number of hydrogen-bond donors (Lipinski definition) is 0. The highest BCUT2D eigenvalue weighted by molar-refractivity contribution is 7.13. The minimum Gasteiger partial charge on any atom is -0.375 e. The number of likely N-dealkylation sites (tertiary alicyclic amines) is 1. The van der Waals surface area contributed by atoms with Crippen molar-refractivity contribution in [1.82, 2.24) is 14.8 Å². The van der Waals surface area contributed by atoms with E-state index in [1.165, 1.54) is 25.9 Å². The number of ether oxygens (including phenoxy) is 1. The Balaban J connectivity index is 1.68. The van der Waals surface area contributed by atoms with Gasteiger partial charge in [0.15, 0.2) is 0 Å². The predicted molar refractivity (Wildman–Crippen MR) is 96.9 cm³/mol. The van der Waals surface area contributed by atoms with Crippen LogP contribution in [-0.4, -0.2) is 66.1 Å². The standard InChI is InChI=1S/C18H29N3O2S/c1-13(2)17-19-14(3)16(24-17)18(22)21-9-6-10-23-15(12-21)11-20-7-4-5-8-20/h13,15H,4-12H2,1-3H3. The molecule has 134 valence electrons. The molecular weight excluding hydrogens is 322 g/mol. The molecule has 2 aliphatic rings. The number of rotatable bonds is 4. The lowest BCUT2D eigenvalue weighted by atomic mass is 10.2. The third-order valence-electron chi connectivity index (χ3n) is 4.80. The molecule has 2 aliphatic heterocycles. The molecule has 3 rings (SSSR count). The molecule has 2 saturated heterocycles. The second kappa shape index (κ2) is 7.93. The number of hydrogen-bond acceptors (Lipinski definition) is 5. The van der Waals surface area contributed by atoms with Crippen LogP contribution in [0.1, 0.15) is 59.4 Å². The van der Waals surface area contributed by atoms with Crippen molar-refractivity contribution in [1.29, 1.82) is 0 Å². The summed E-state index contributed by atoms with van der Waals surface area (Å²) in [4.78, 5) is 22.9. The third-order valence-corrected chi connectivity index (χ3v) is 6.24. The number of thiazole rings is 1. The first-order valence-electron chi connectivity index (χ1n) is 9.15. The number of aromatic nitrogens is 1. The van der Waals surface area contributed by atoms with Crippen molar-refractivity contribution in [3.05, 3.63) is 15.6 Å². The van der Waals surface area contributed by atoms with Crippen LogP contribution in [0.5, 0.6) is 0 Å².